The van der Waals surface area contributed by atoms with Gasteiger partial charge < -0.3 is 9.64 Å². The zero-order valence-corrected chi connectivity index (χ0v) is 8.84. The van der Waals surface area contributed by atoms with Crippen LogP contribution in [0.3, 0.4) is 0 Å². The number of hydrogen-bond donors (Lipinski definition) is 0. The SMILES string of the molecule is C[C@@H]1Oc2ccc([N+](=O)[O-])cc2N(C)C1=O. The number of nitro benzene ring substituents is 1. The Morgan fingerprint density at radius 3 is 2.81 bits per heavy atom. The minimum Gasteiger partial charge on any atom is -0.479 e. The molecule has 0 N–H and O–H groups in total. The highest BCUT2D eigenvalue weighted by atomic mass is 16.6. The zero-order chi connectivity index (χ0) is 11.9. The Hall–Kier alpha value is -2.11. The second-order valence-corrected chi connectivity index (χ2v) is 3.57. The maximum Gasteiger partial charge on any atom is 0.271 e. The minimum absolute atomic E-state index is 0.0587. The predicted molar refractivity (Wildman–Crippen MR) is 56.6 cm³/mol. The van der Waals surface area contributed by atoms with Crippen molar-refractivity contribution >= 4 is 17.3 Å². The van der Waals surface area contributed by atoms with Crippen molar-refractivity contribution in [3.8, 4) is 5.75 Å². The molecule has 1 aliphatic rings. The molecule has 84 valence electrons. The smallest absolute Gasteiger partial charge is 0.271 e. The molecular formula is C10H10N2O4. The number of benzene rings is 1. The number of likely N-dealkylation sites (N-methyl/N-ethyl adjacent to an activating group) is 1. The van der Waals surface area contributed by atoms with Gasteiger partial charge in [-0.25, -0.2) is 0 Å². The topological polar surface area (TPSA) is 72.7 Å². The fourth-order valence-corrected chi connectivity index (χ4v) is 1.61. The summed E-state index contributed by atoms with van der Waals surface area (Å²) in [7, 11) is 1.57. The number of carbonyl (C=O) groups excluding carboxylic acids is 1. The second kappa shape index (κ2) is 3.48. The predicted octanol–water partition coefficient (Wildman–Crippen LogP) is 1.34. The Kier molecular flexibility index (Phi) is 2.26. The largest absolute Gasteiger partial charge is 0.479 e. The van der Waals surface area contributed by atoms with Gasteiger partial charge in [-0.05, 0) is 13.0 Å². The van der Waals surface area contributed by atoms with E-state index in [9.17, 15) is 14.9 Å². The minimum atomic E-state index is -0.557. The van der Waals surface area contributed by atoms with Gasteiger partial charge in [-0.15, -0.1) is 0 Å². The number of amides is 1. The zero-order valence-electron chi connectivity index (χ0n) is 8.84. The molecule has 1 aromatic rings. The summed E-state index contributed by atoms with van der Waals surface area (Å²) in [6, 6.07) is 4.20. The van der Waals surface area contributed by atoms with E-state index in [4.69, 9.17) is 4.74 Å². The summed E-state index contributed by atoms with van der Waals surface area (Å²) in [5.41, 5.74) is 0.369. The molecule has 1 atom stereocenters. The molecule has 1 heterocycles. The number of hydrogen-bond acceptors (Lipinski definition) is 4. The molecule has 0 spiro atoms. The fraction of sp³-hybridized carbons (Fsp3) is 0.300. The first kappa shape index (κ1) is 10.4. The summed E-state index contributed by atoms with van der Waals surface area (Å²) in [5, 5.41) is 10.6. The van der Waals surface area contributed by atoms with Crippen LogP contribution in [-0.2, 0) is 4.79 Å². The maximum atomic E-state index is 11.6. The summed E-state index contributed by atoms with van der Waals surface area (Å²) in [5.74, 6) is 0.271. The van der Waals surface area contributed by atoms with E-state index in [-0.39, 0.29) is 11.6 Å². The number of non-ortho nitro benzene ring substituents is 1. The van der Waals surface area contributed by atoms with E-state index < -0.39 is 11.0 Å². The van der Waals surface area contributed by atoms with Gasteiger partial charge in [-0.1, -0.05) is 0 Å². The molecule has 0 saturated heterocycles. The molecule has 0 aliphatic carbocycles. The summed E-state index contributed by atoms with van der Waals surface area (Å²) in [4.78, 5) is 23.1. The maximum absolute atomic E-state index is 11.6. The molecular weight excluding hydrogens is 212 g/mol. The number of fused-ring (bicyclic) bond motifs is 1. The van der Waals surface area contributed by atoms with Crippen LogP contribution in [0.1, 0.15) is 6.92 Å². The lowest BCUT2D eigenvalue weighted by Crippen LogP contribution is -2.41. The van der Waals surface area contributed by atoms with Gasteiger partial charge in [0.2, 0.25) is 0 Å². The van der Waals surface area contributed by atoms with Gasteiger partial charge in [0.15, 0.2) is 6.10 Å². The van der Waals surface area contributed by atoms with Gasteiger partial charge in [0.1, 0.15) is 5.75 Å². The van der Waals surface area contributed by atoms with E-state index in [1.54, 1.807) is 14.0 Å². The molecule has 0 aromatic heterocycles. The Morgan fingerprint density at radius 1 is 1.50 bits per heavy atom. The lowest BCUT2D eigenvalue weighted by molar-refractivity contribution is -0.384. The molecule has 6 nitrogen and oxygen atoms in total. The summed E-state index contributed by atoms with van der Waals surface area (Å²) in [6.07, 6.45) is -0.557. The Balaban J connectivity index is 2.50. The highest BCUT2D eigenvalue weighted by molar-refractivity contribution is 5.99. The van der Waals surface area contributed by atoms with E-state index in [0.717, 1.165) is 0 Å². The van der Waals surface area contributed by atoms with Crippen molar-refractivity contribution in [2.45, 2.75) is 13.0 Å². The first-order valence-electron chi connectivity index (χ1n) is 4.73. The van der Waals surface area contributed by atoms with Crippen LogP contribution in [0.2, 0.25) is 0 Å². The van der Waals surface area contributed by atoms with Crippen LogP contribution in [-0.4, -0.2) is 24.0 Å². The molecule has 16 heavy (non-hydrogen) atoms. The van der Waals surface area contributed by atoms with Crippen LogP contribution in [0.5, 0.6) is 5.75 Å². The average molecular weight is 222 g/mol. The van der Waals surface area contributed by atoms with E-state index in [2.05, 4.69) is 0 Å². The molecule has 0 radical (unpaired) electrons. The molecule has 6 heteroatoms. The van der Waals surface area contributed by atoms with Crippen molar-refractivity contribution in [1.82, 2.24) is 0 Å². The van der Waals surface area contributed by atoms with E-state index in [1.807, 2.05) is 0 Å². The van der Waals surface area contributed by atoms with Gasteiger partial charge >= 0.3 is 0 Å². The Bertz CT molecular complexity index is 472. The van der Waals surface area contributed by atoms with Crippen molar-refractivity contribution in [2.75, 3.05) is 11.9 Å². The average Bonchev–Trinajstić information content (AvgIpc) is 2.25. The van der Waals surface area contributed by atoms with Gasteiger partial charge in [-0.2, -0.15) is 0 Å². The van der Waals surface area contributed by atoms with Gasteiger partial charge in [-0.3, -0.25) is 14.9 Å². The third kappa shape index (κ3) is 1.48. The summed E-state index contributed by atoms with van der Waals surface area (Å²) < 4.78 is 5.34. The van der Waals surface area contributed by atoms with Crippen molar-refractivity contribution in [3.05, 3.63) is 28.3 Å². The van der Waals surface area contributed by atoms with Crippen molar-refractivity contribution in [3.63, 3.8) is 0 Å². The molecule has 0 bridgehead atoms. The van der Waals surface area contributed by atoms with Crippen LogP contribution >= 0.6 is 0 Å². The lowest BCUT2D eigenvalue weighted by Gasteiger charge is -2.29. The van der Waals surface area contributed by atoms with Crippen molar-refractivity contribution < 1.29 is 14.5 Å². The highest BCUT2D eigenvalue weighted by Gasteiger charge is 2.30. The van der Waals surface area contributed by atoms with Crippen molar-refractivity contribution in [1.29, 1.82) is 0 Å². The Labute approximate surface area is 91.6 Å². The molecule has 0 saturated carbocycles. The third-order valence-corrected chi connectivity index (χ3v) is 2.50. The summed E-state index contributed by atoms with van der Waals surface area (Å²) in [6.45, 7) is 1.64. The van der Waals surface area contributed by atoms with E-state index >= 15 is 0 Å². The van der Waals surface area contributed by atoms with Crippen LogP contribution in [0.15, 0.2) is 18.2 Å². The number of rotatable bonds is 1. The first-order chi connectivity index (χ1) is 7.50. The molecule has 1 amide bonds. The van der Waals surface area contributed by atoms with E-state index in [0.29, 0.717) is 11.4 Å². The number of nitrogens with zero attached hydrogens (tertiary/aromatic N) is 2. The second-order valence-electron chi connectivity index (χ2n) is 3.57. The van der Waals surface area contributed by atoms with Gasteiger partial charge in [0.05, 0.1) is 10.6 Å². The van der Waals surface area contributed by atoms with Crippen LogP contribution in [0, 0.1) is 10.1 Å². The number of carbonyl (C=O) groups is 1. The van der Waals surface area contributed by atoms with Crippen LogP contribution in [0.25, 0.3) is 0 Å². The van der Waals surface area contributed by atoms with Gasteiger partial charge in [0, 0.05) is 19.2 Å². The molecule has 1 aliphatic heterocycles. The number of ether oxygens (including phenoxy) is 1. The lowest BCUT2D eigenvalue weighted by atomic mass is 10.2. The standard InChI is InChI=1S/C10H10N2O4/c1-6-10(13)11(2)8-5-7(12(14)15)3-4-9(8)16-6/h3-6H,1-2H3/t6-/m0/s1. The van der Waals surface area contributed by atoms with Crippen molar-refractivity contribution in [2.24, 2.45) is 0 Å². The van der Waals surface area contributed by atoms with Crippen LogP contribution in [0.4, 0.5) is 11.4 Å². The van der Waals surface area contributed by atoms with Gasteiger partial charge in [0.25, 0.3) is 11.6 Å². The van der Waals surface area contributed by atoms with E-state index in [1.165, 1.54) is 23.1 Å². The molecule has 1 aromatic carbocycles. The normalized spacial score (nSPS) is 19.0. The number of anilines is 1. The molecule has 2 rings (SSSR count). The molecule has 0 unspecified atom stereocenters. The monoisotopic (exact) mass is 222 g/mol. The Morgan fingerprint density at radius 2 is 2.19 bits per heavy atom. The number of nitro groups is 1. The summed E-state index contributed by atoms with van der Waals surface area (Å²) >= 11 is 0. The first-order valence-corrected chi connectivity index (χ1v) is 4.73. The fourth-order valence-electron chi connectivity index (χ4n) is 1.61. The quantitative estimate of drug-likeness (QED) is 0.531. The molecule has 0 fully saturated rings. The third-order valence-electron chi connectivity index (χ3n) is 2.50. The highest BCUT2D eigenvalue weighted by Crippen LogP contribution is 2.35. The van der Waals surface area contributed by atoms with Crippen LogP contribution < -0.4 is 9.64 Å².